The van der Waals surface area contributed by atoms with Crippen molar-refractivity contribution < 1.29 is 59.5 Å². The van der Waals surface area contributed by atoms with Gasteiger partial charge in [0.25, 0.3) is 0 Å². The van der Waals surface area contributed by atoms with Crippen molar-refractivity contribution in [1.82, 2.24) is 5.32 Å². The van der Waals surface area contributed by atoms with Crippen molar-refractivity contribution >= 4 is 5.91 Å². The highest BCUT2D eigenvalue weighted by atomic mass is 16.7. The van der Waals surface area contributed by atoms with Gasteiger partial charge in [0.1, 0.15) is 42.7 Å². The van der Waals surface area contributed by atoms with Crippen LogP contribution in [0.4, 0.5) is 0 Å². The summed E-state index contributed by atoms with van der Waals surface area (Å²) in [6, 6.07) is -0.797. The Bertz CT molecular complexity index is 1140. The first-order chi connectivity index (χ1) is 32.5. The molecule has 0 aromatic heterocycles. The summed E-state index contributed by atoms with van der Waals surface area (Å²) in [5, 5.41) is 77.1. The second-order valence-electron chi connectivity index (χ2n) is 20.5. The molecule has 2 rings (SSSR count). The van der Waals surface area contributed by atoms with E-state index in [1.807, 2.05) is 0 Å². The molecule has 2 saturated heterocycles. The molecule has 67 heavy (non-hydrogen) atoms. The van der Waals surface area contributed by atoms with Crippen molar-refractivity contribution in [1.29, 1.82) is 0 Å². The number of carbonyl (C=O) groups is 1. The fourth-order valence-electron chi connectivity index (χ4n) is 9.55. The molecule has 0 aromatic carbocycles. The smallest absolute Gasteiger partial charge is 0.220 e. The van der Waals surface area contributed by atoms with Gasteiger partial charge >= 0.3 is 0 Å². The molecule has 2 aliphatic heterocycles. The molecule has 0 spiro atoms. The molecule has 0 aliphatic carbocycles. The van der Waals surface area contributed by atoms with Gasteiger partial charge in [0.15, 0.2) is 12.6 Å². The van der Waals surface area contributed by atoms with Crippen LogP contribution in [0.15, 0.2) is 0 Å². The van der Waals surface area contributed by atoms with Crippen molar-refractivity contribution in [2.75, 3.05) is 13.2 Å². The summed E-state index contributed by atoms with van der Waals surface area (Å²) in [6.07, 6.45) is 28.6. The van der Waals surface area contributed by atoms with Crippen molar-refractivity contribution in [3.05, 3.63) is 0 Å². The van der Waals surface area contributed by atoms with Crippen LogP contribution in [0.25, 0.3) is 0 Å². The highest BCUT2D eigenvalue weighted by Gasteiger charge is 2.47. The molecule has 13 nitrogen and oxygen atoms in total. The Morgan fingerprint density at radius 2 is 0.821 bits per heavy atom. The van der Waals surface area contributed by atoms with Crippen LogP contribution in [0.2, 0.25) is 0 Å². The Kier molecular flexibility index (Phi) is 37.7. The minimum atomic E-state index is -1.68. The predicted molar refractivity (Wildman–Crippen MR) is 266 cm³/mol. The molecule has 0 radical (unpaired) electrons. The average molecular weight is 960 g/mol. The Morgan fingerprint density at radius 3 is 1.24 bits per heavy atom. The average Bonchev–Trinajstić information content (AvgIpc) is 3.32. The second kappa shape index (κ2) is 40.6. The summed E-state index contributed by atoms with van der Waals surface area (Å²) in [4.78, 5) is 13.2. The van der Waals surface area contributed by atoms with Crippen LogP contribution in [0.5, 0.6) is 0 Å². The first kappa shape index (κ1) is 62.1. The molecule has 0 aromatic rings. The van der Waals surface area contributed by atoms with Gasteiger partial charge in [0.05, 0.1) is 31.5 Å². The Balaban J connectivity index is 1.73. The fourth-order valence-corrected chi connectivity index (χ4v) is 9.55. The number of aliphatic hydroxyl groups excluding tert-OH is 7. The standard InChI is InChI=1S/C54H105NO12/c1-4-6-8-10-12-14-16-18-19-20-21-22-23-24-25-27-29-31-33-35-37-39-46(57)55-43(44(56)38-36-34-32-30-28-26-17-15-13-11-9-7-5-2)40-64-54-52(63)50(61)48(59)45(67-54)41-65-53-51(62)49(60)47(58)42(3)66-53/h42-45,47-54,56,58-63H,4-41H2,1-3H3,(H,55,57)/t42-,43-,44+,45+,47-,48-,49+,50-,51+,52+,53+,54+/m0/s1. The van der Waals surface area contributed by atoms with Crippen molar-refractivity contribution in [3.8, 4) is 0 Å². The van der Waals surface area contributed by atoms with E-state index in [-0.39, 0.29) is 12.5 Å². The number of hydrogen-bond donors (Lipinski definition) is 8. The van der Waals surface area contributed by atoms with E-state index in [2.05, 4.69) is 19.2 Å². The molecule has 1 amide bonds. The van der Waals surface area contributed by atoms with Crippen LogP contribution >= 0.6 is 0 Å². The Hall–Kier alpha value is -0.970. The summed E-state index contributed by atoms with van der Waals surface area (Å²) in [5.41, 5.74) is 0. The lowest BCUT2D eigenvalue weighted by Gasteiger charge is -2.42. The van der Waals surface area contributed by atoms with Crippen LogP contribution < -0.4 is 5.32 Å². The summed E-state index contributed by atoms with van der Waals surface area (Å²) >= 11 is 0. The van der Waals surface area contributed by atoms with Crippen LogP contribution in [0.3, 0.4) is 0 Å². The molecule has 0 saturated carbocycles. The topological polar surface area (TPSA) is 208 Å². The monoisotopic (exact) mass is 960 g/mol. The molecule has 12 atom stereocenters. The van der Waals surface area contributed by atoms with Crippen LogP contribution in [-0.4, -0.2) is 128 Å². The lowest BCUT2D eigenvalue weighted by Crippen LogP contribution is -2.61. The van der Waals surface area contributed by atoms with E-state index in [0.717, 1.165) is 44.9 Å². The molecule has 0 unspecified atom stereocenters. The number of nitrogens with one attached hydrogen (secondary N) is 1. The van der Waals surface area contributed by atoms with Crippen molar-refractivity contribution in [2.45, 2.75) is 325 Å². The molecular weight excluding hydrogens is 855 g/mol. The summed E-state index contributed by atoms with van der Waals surface area (Å²) < 4.78 is 22.8. The van der Waals surface area contributed by atoms with E-state index < -0.39 is 80.2 Å². The lowest BCUT2D eigenvalue weighted by molar-refractivity contribution is -0.328. The highest BCUT2D eigenvalue weighted by Crippen LogP contribution is 2.27. The third-order valence-electron chi connectivity index (χ3n) is 14.3. The van der Waals surface area contributed by atoms with Gasteiger partial charge in [-0.05, 0) is 19.8 Å². The van der Waals surface area contributed by atoms with Gasteiger partial charge in [-0.25, -0.2) is 0 Å². The Labute approximate surface area is 408 Å². The van der Waals surface area contributed by atoms with E-state index in [1.165, 1.54) is 180 Å². The second-order valence-corrected chi connectivity index (χ2v) is 20.5. The third-order valence-corrected chi connectivity index (χ3v) is 14.3. The van der Waals surface area contributed by atoms with E-state index in [4.69, 9.17) is 18.9 Å². The SMILES string of the molecule is CCCCCCCCCCCCCCCCCCCCCCCC(=O)N[C@@H](CO[C@@H]1O[C@H](CO[C@@H]2O[C@@H](C)[C@H](O)[C@@H](O)[C@H]2O)[C@H](O)[C@H](O)[C@H]1O)[C@H](O)CCCCCCCCCCCCCCC. The number of hydrogen-bond acceptors (Lipinski definition) is 12. The Morgan fingerprint density at radius 1 is 0.463 bits per heavy atom. The molecule has 2 aliphatic rings. The van der Waals surface area contributed by atoms with Crippen LogP contribution in [-0.2, 0) is 23.7 Å². The number of aliphatic hydroxyl groups is 7. The van der Waals surface area contributed by atoms with Gasteiger partial charge in [-0.1, -0.05) is 226 Å². The van der Waals surface area contributed by atoms with E-state index in [0.29, 0.717) is 12.8 Å². The first-order valence-corrected chi connectivity index (χ1v) is 28.1. The zero-order valence-corrected chi connectivity index (χ0v) is 43.0. The lowest BCUT2D eigenvalue weighted by atomic mass is 9.98. The molecule has 13 heteroatoms. The van der Waals surface area contributed by atoms with Crippen molar-refractivity contribution in [3.63, 3.8) is 0 Å². The van der Waals surface area contributed by atoms with Gasteiger partial charge < -0.3 is 60.0 Å². The minimum Gasteiger partial charge on any atom is -0.391 e. The molecule has 8 N–H and O–H groups in total. The summed E-state index contributed by atoms with van der Waals surface area (Å²) in [6.45, 7) is 5.41. The maximum absolute atomic E-state index is 13.2. The highest BCUT2D eigenvalue weighted by molar-refractivity contribution is 5.76. The van der Waals surface area contributed by atoms with E-state index >= 15 is 0 Å². The number of amides is 1. The summed E-state index contributed by atoms with van der Waals surface area (Å²) in [5.74, 6) is -0.185. The first-order valence-electron chi connectivity index (χ1n) is 28.1. The molecule has 398 valence electrons. The number of ether oxygens (including phenoxy) is 4. The van der Waals surface area contributed by atoms with Gasteiger partial charge in [-0.15, -0.1) is 0 Å². The number of unbranched alkanes of at least 4 members (excludes halogenated alkanes) is 32. The van der Waals surface area contributed by atoms with Crippen molar-refractivity contribution in [2.24, 2.45) is 0 Å². The van der Waals surface area contributed by atoms with Crippen LogP contribution in [0.1, 0.15) is 252 Å². The van der Waals surface area contributed by atoms with Gasteiger partial charge in [0, 0.05) is 6.42 Å². The predicted octanol–water partition coefficient (Wildman–Crippen LogP) is 9.58. The third kappa shape index (κ3) is 28.6. The van der Waals surface area contributed by atoms with Gasteiger partial charge in [-0.3, -0.25) is 4.79 Å². The molecule has 0 bridgehead atoms. The number of carbonyl (C=O) groups excluding carboxylic acids is 1. The summed E-state index contributed by atoms with van der Waals surface area (Å²) in [7, 11) is 0. The maximum Gasteiger partial charge on any atom is 0.220 e. The quantitative estimate of drug-likeness (QED) is 0.0269. The zero-order chi connectivity index (χ0) is 48.9. The number of rotatable bonds is 44. The van der Waals surface area contributed by atoms with Crippen LogP contribution in [0, 0.1) is 0 Å². The van der Waals surface area contributed by atoms with Gasteiger partial charge in [0.2, 0.25) is 5.91 Å². The van der Waals surface area contributed by atoms with E-state index in [1.54, 1.807) is 0 Å². The zero-order valence-electron chi connectivity index (χ0n) is 43.0. The molecule has 2 fully saturated rings. The van der Waals surface area contributed by atoms with Gasteiger partial charge in [-0.2, -0.15) is 0 Å². The largest absolute Gasteiger partial charge is 0.391 e. The minimum absolute atomic E-state index is 0.185. The normalized spacial score (nSPS) is 26.5. The van der Waals surface area contributed by atoms with E-state index in [9.17, 15) is 40.5 Å². The maximum atomic E-state index is 13.2. The molecular formula is C54H105NO12. The fraction of sp³-hybridized carbons (Fsp3) is 0.981. The molecule has 2 heterocycles.